The van der Waals surface area contributed by atoms with Gasteiger partial charge in [0.2, 0.25) is 11.8 Å². The van der Waals surface area contributed by atoms with Gasteiger partial charge in [-0.3, -0.25) is 14.5 Å². The lowest BCUT2D eigenvalue weighted by Crippen LogP contribution is -2.49. The molecule has 0 bridgehead atoms. The van der Waals surface area contributed by atoms with E-state index < -0.39 is 24.7 Å². The Morgan fingerprint density at radius 2 is 1.87 bits per heavy atom. The molecule has 2 heterocycles. The van der Waals surface area contributed by atoms with Crippen molar-refractivity contribution >= 4 is 11.8 Å². The topological polar surface area (TPSA) is 71.1 Å². The van der Waals surface area contributed by atoms with Crippen LogP contribution < -0.4 is 14.8 Å². The van der Waals surface area contributed by atoms with Crippen LogP contribution in [0.3, 0.4) is 0 Å². The lowest BCUT2D eigenvalue weighted by molar-refractivity contribution is -0.142. The number of benzene rings is 1. The molecule has 2 amide bonds. The highest BCUT2D eigenvalue weighted by atomic mass is 19.4. The first-order chi connectivity index (χ1) is 14.7. The van der Waals surface area contributed by atoms with Crippen LogP contribution in [0, 0.1) is 0 Å². The van der Waals surface area contributed by atoms with Gasteiger partial charge in [0, 0.05) is 12.1 Å². The van der Waals surface area contributed by atoms with Gasteiger partial charge in [0.05, 0.1) is 32.8 Å². The molecular formula is C21H28F3N3O4. The zero-order valence-corrected chi connectivity index (χ0v) is 17.7. The third kappa shape index (κ3) is 5.61. The number of likely N-dealkylation sites (tertiary alicyclic amines) is 2. The molecule has 7 nitrogen and oxygen atoms in total. The molecule has 2 aliphatic heterocycles. The lowest BCUT2D eigenvalue weighted by atomic mass is 10.0. The summed E-state index contributed by atoms with van der Waals surface area (Å²) in [6.45, 7) is -0.305. The monoisotopic (exact) mass is 443 g/mol. The second kappa shape index (κ2) is 9.76. The summed E-state index contributed by atoms with van der Waals surface area (Å²) in [6, 6.07) is 4.55. The minimum Gasteiger partial charge on any atom is -0.497 e. The fraction of sp³-hybridized carbons (Fsp3) is 0.619. The highest BCUT2D eigenvalue weighted by Gasteiger charge is 2.38. The number of ether oxygens (including phenoxy) is 2. The summed E-state index contributed by atoms with van der Waals surface area (Å²) >= 11 is 0. The summed E-state index contributed by atoms with van der Waals surface area (Å²) in [5.41, 5.74) is 0.855. The van der Waals surface area contributed by atoms with Crippen LogP contribution in [-0.2, 0) is 9.59 Å². The van der Waals surface area contributed by atoms with E-state index in [0.717, 1.165) is 18.4 Å². The highest BCUT2D eigenvalue weighted by molar-refractivity contribution is 5.84. The van der Waals surface area contributed by atoms with Crippen LogP contribution >= 0.6 is 0 Å². The van der Waals surface area contributed by atoms with Crippen LogP contribution in [0.2, 0.25) is 0 Å². The van der Waals surface area contributed by atoms with Crippen molar-refractivity contribution in [2.75, 3.05) is 40.4 Å². The Morgan fingerprint density at radius 3 is 2.55 bits per heavy atom. The zero-order chi connectivity index (χ0) is 22.6. The van der Waals surface area contributed by atoms with Gasteiger partial charge in [0.1, 0.15) is 18.0 Å². The van der Waals surface area contributed by atoms with Gasteiger partial charge in [-0.05, 0) is 50.4 Å². The molecule has 0 saturated carbocycles. The minimum atomic E-state index is -4.46. The quantitative estimate of drug-likeness (QED) is 0.701. The molecule has 2 aliphatic rings. The first-order valence-electron chi connectivity index (χ1n) is 10.3. The van der Waals surface area contributed by atoms with E-state index >= 15 is 0 Å². The van der Waals surface area contributed by atoms with Crippen LogP contribution in [-0.4, -0.2) is 74.2 Å². The Bertz CT molecular complexity index is 803. The third-order valence-electron chi connectivity index (χ3n) is 5.84. The molecule has 1 aromatic rings. The number of halogens is 3. The average molecular weight is 443 g/mol. The second-order valence-electron chi connectivity index (χ2n) is 7.81. The van der Waals surface area contributed by atoms with Gasteiger partial charge < -0.3 is 19.7 Å². The summed E-state index contributed by atoms with van der Waals surface area (Å²) in [4.78, 5) is 28.8. The molecule has 10 heteroatoms. The number of nitrogens with one attached hydrogen (secondary N) is 1. The second-order valence-corrected chi connectivity index (χ2v) is 7.81. The van der Waals surface area contributed by atoms with Crippen molar-refractivity contribution in [3.63, 3.8) is 0 Å². The number of alkyl halides is 3. The Kier molecular flexibility index (Phi) is 7.30. The van der Waals surface area contributed by atoms with Crippen LogP contribution in [0.4, 0.5) is 13.2 Å². The number of hydrogen-bond acceptors (Lipinski definition) is 5. The number of hydrogen-bond donors (Lipinski definition) is 1. The fourth-order valence-corrected chi connectivity index (χ4v) is 4.37. The number of rotatable bonds is 7. The van der Waals surface area contributed by atoms with Crippen molar-refractivity contribution in [3.05, 3.63) is 23.8 Å². The molecule has 172 valence electrons. The number of carbonyl (C=O) groups excluding carboxylic acids is 2. The number of amides is 2. The van der Waals surface area contributed by atoms with Gasteiger partial charge in [-0.25, -0.2) is 0 Å². The maximum Gasteiger partial charge on any atom is 0.405 e. The normalized spacial score (nSPS) is 21.9. The first kappa shape index (κ1) is 23.2. The molecule has 2 unspecified atom stereocenters. The van der Waals surface area contributed by atoms with E-state index in [0.29, 0.717) is 37.4 Å². The summed E-state index contributed by atoms with van der Waals surface area (Å²) in [6.07, 6.45) is -1.78. The summed E-state index contributed by atoms with van der Waals surface area (Å²) in [5, 5.41) is 1.94. The van der Waals surface area contributed by atoms with Crippen LogP contribution in [0.25, 0.3) is 0 Å². The molecule has 1 aromatic carbocycles. The summed E-state index contributed by atoms with van der Waals surface area (Å²) < 4.78 is 48.1. The van der Waals surface area contributed by atoms with Crippen LogP contribution in [0.15, 0.2) is 18.2 Å². The van der Waals surface area contributed by atoms with Gasteiger partial charge in [0.25, 0.3) is 0 Å². The Labute approximate surface area is 179 Å². The third-order valence-corrected chi connectivity index (χ3v) is 5.84. The van der Waals surface area contributed by atoms with Gasteiger partial charge in [-0.15, -0.1) is 0 Å². The molecule has 31 heavy (non-hydrogen) atoms. The van der Waals surface area contributed by atoms with E-state index in [2.05, 4.69) is 0 Å². The maximum atomic E-state index is 13.1. The molecule has 2 fully saturated rings. The Balaban J connectivity index is 1.69. The Hall–Kier alpha value is -2.49. The van der Waals surface area contributed by atoms with Gasteiger partial charge in [0.15, 0.2) is 0 Å². The molecule has 2 saturated heterocycles. The van der Waals surface area contributed by atoms with Crippen molar-refractivity contribution < 1.29 is 32.2 Å². The van der Waals surface area contributed by atoms with E-state index in [9.17, 15) is 22.8 Å². The predicted molar refractivity (Wildman–Crippen MR) is 107 cm³/mol. The van der Waals surface area contributed by atoms with Crippen molar-refractivity contribution in [2.45, 2.75) is 43.9 Å². The molecule has 0 radical (unpaired) electrons. The molecule has 3 rings (SSSR count). The van der Waals surface area contributed by atoms with Gasteiger partial charge in [-0.2, -0.15) is 13.2 Å². The average Bonchev–Trinajstić information content (AvgIpc) is 3.40. The Morgan fingerprint density at radius 1 is 1.13 bits per heavy atom. The van der Waals surface area contributed by atoms with Gasteiger partial charge >= 0.3 is 6.18 Å². The SMILES string of the molecule is COc1ccc(OC)c(C2CCCN2C(=O)CN2CCCC2C(=O)NCC(F)(F)F)c1. The standard InChI is InChI=1S/C21H28F3N3O4/c1-30-14-7-8-18(31-2)15(11-14)16-5-4-10-27(16)19(28)12-26-9-3-6-17(26)20(29)25-13-21(22,23)24/h7-8,11,16-17H,3-6,9-10,12-13H2,1-2H3,(H,25,29). The largest absolute Gasteiger partial charge is 0.497 e. The first-order valence-corrected chi connectivity index (χ1v) is 10.3. The smallest absolute Gasteiger partial charge is 0.405 e. The van der Waals surface area contributed by atoms with Crippen molar-refractivity contribution in [1.29, 1.82) is 0 Å². The van der Waals surface area contributed by atoms with E-state index in [1.807, 2.05) is 11.4 Å². The number of methoxy groups -OCH3 is 2. The van der Waals surface area contributed by atoms with Crippen LogP contribution in [0.1, 0.15) is 37.3 Å². The van der Waals surface area contributed by atoms with Crippen molar-refractivity contribution in [2.24, 2.45) is 0 Å². The zero-order valence-electron chi connectivity index (χ0n) is 17.7. The van der Waals surface area contributed by atoms with Gasteiger partial charge in [-0.1, -0.05) is 0 Å². The summed E-state index contributed by atoms with van der Waals surface area (Å²) in [5.74, 6) is 0.491. The number of nitrogens with zero attached hydrogens (tertiary/aromatic N) is 2. The molecular weight excluding hydrogens is 415 g/mol. The van der Waals surface area contributed by atoms with E-state index in [-0.39, 0.29) is 18.5 Å². The van der Waals surface area contributed by atoms with Crippen molar-refractivity contribution in [1.82, 2.24) is 15.1 Å². The predicted octanol–water partition coefficient (Wildman–Crippen LogP) is 2.51. The highest BCUT2D eigenvalue weighted by Crippen LogP contribution is 2.39. The minimum absolute atomic E-state index is 0.00706. The molecule has 0 aliphatic carbocycles. The van der Waals surface area contributed by atoms with E-state index in [1.54, 1.807) is 36.2 Å². The van der Waals surface area contributed by atoms with Crippen molar-refractivity contribution in [3.8, 4) is 11.5 Å². The lowest BCUT2D eigenvalue weighted by Gasteiger charge is -2.30. The molecule has 2 atom stereocenters. The fourth-order valence-electron chi connectivity index (χ4n) is 4.37. The van der Waals surface area contributed by atoms with E-state index in [4.69, 9.17) is 9.47 Å². The number of carbonyl (C=O) groups is 2. The van der Waals surface area contributed by atoms with E-state index in [1.165, 1.54) is 0 Å². The van der Waals surface area contributed by atoms with Crippen LogP contribution in [0.5, 0.6) is 11.5 Å². The molecule has 0 spiro atoms. The molecule has 1 N–H and O–H groups in total. The summed E-state index contributed by atoms with van der Waals surface area (Å²) in [7, 11) is 3.14. The molecule has 0 aromatic heterocycles. The maximum absolute atomic E-state index is 13.1.